The summed E-state index contributed by atoms with van der Waals surface area (Å²) in [5.74, 6) is 0.436. The van der Waals surface area contributed by atoms with Crippen LogP contribution in [0.1, 0.15) is 58.4 Å². The van der Waals surface area contributed by atoms with Gasteiger partial charge >= 0.3 is 0 Å². The lowest BCUT2D eigenvalue weighted by Crippen LogP contribution is -2.32. The second kappa shape index (κ2) is 7.86. The lowest BCUT2D eigenvalue weighted by molar-refractivity contribution is -0.125. The van der Waals surface area contributed by atoms with Crippen LogP contribution in [0.3, 0.4) is 0 Å². The summed E-state index contributed by atoms with van der Waals surface area (Å²) in [7, 11) is 0. The zero-order valence-corrected chi connectivity index (χ0v) is 17.2. The molecule has 1 unspecified atom stereocenters. The molecule has 0 spiro atoms. The normalized spacial score (nSPS) is 21.0. The summed E-state index contributed by atoms with van der Waals surface area (Å²) in [5, 5.41) is 3.43. The highest BCUT2D eigenvalue weighted by molar-refractivity contribution is 5.98. The van der Waals surface area contributed by atoms with Gasteiger partial charge in [-0.1, -0.05) is 5.57 Å². The van der Waals surface area contributed by atoms with Crippen LogP contribution in [0.4, 0.5) is 4.39 Å². The molecule has 1 aliphatic carbocycles. The molecule has 2 fully saturated rings. The molecule has 3 rings (SSSR count). The van der Waals surface area contributed by atoms with E-state index in [-0.39, 0.29) is 23.2 Å². The van der Waals surface area contributed by atoms with Crippen LogP contribution in [0.15, 0.2) is 46.0 Å². The Bertz CT molecular complexity index is 850. The van der Waals surface area contributed by atoms with E-state index in [1.165, 1.54) is 12.3 Å². The van der Waals surface area contributed by atoms with Gasteiger partial charge in [-0.25, -0.2) is 9.38 Å². The Morgan fingerprint density at radius 3 is 2.64 bits per heavy atom. The summed E-state index contributed by atoms with van der Waals surface area (Å²) in [6, 6.07) is 1.51. The van der Waals surface area contributed by atoms with Gasteiger partial charge in [-0.3, -0.25) is 9.78 Å². The highest BCUT2D eigenvalue weighted by Crippen LogP contribution is 2.36. The molecule has 5 nitrogen and oxygen atoms in total. The Balaban J connectivity index is 1.80. The summed E-state index contributed by atoms with van der Waals surface area (Å²) in [4.78, 5) is 23.3. The molecule has 1 aromatic rings. The van der Waals surface area contributed by atoms with Gasteiger partial charge in [0.2, 0.25) is 0 Å². The van der Waals surface area contributed by atoms with Crippen LogP contribution < -0.4 is 5.32 Å². The molecular weight excluding hydrogens is 355 g/mol. The average molecular weight is 384 g/mol. The van der Waals surface area contributed by atoms with Gasteiger partial charge in [0.25, 0.3) is 5.91 Å². The topological polar surface area (TPSA) is 57.6 Å². The van der Waals surface area contributed by atoms with E-state index in [0.717, 1.165) is 36.0 Å². The number of aromatic nitrogens is 1. The number of nitrogens with zero attached hydrogens (tertiary/aromatic N) is 3. The number of hydrogen-bond acceptors (Lipinski definition) is 4. The number of rotatable bonds is 6. The fourth-order valence-corrected chi connectivity index (χ4v) is 3.74. The number of nitrogens with one attached hydrogen (secondary N) is 1. The molecular formula is C22H29FN4O. The van der Waals surface area contributed by atoms with Crippen molar-refractivity contribution in [2.45, 2.75) is 58.4 Å². The Labute approximate surface area is 166 Å². The van der Waals surface area contributed by atoms with Gasteiger partial charge < -0.3 is 10.2 Å². The Hall–Kier alpha value is -2.50. The van der Waals surface area contributed by atoms with E-state index in [9.17, 15) is 9.18 Å². The summed E-state index contributed by atoms with van der Waals surface area (Å²) in [5.41, 5.74) is 3.35. The number of aliphatic imine (C=N–C) groups is 1. The Kier molecular flexibility index (Phi) is 5.68. The lowest BCUT2D eigenvalue weighted by Gasteiger charge is -2.22. The molecule has 1 aromatic heterocycles. The molecule has 28 heavy (non-hydrogen) atoms. The number of pyridine rings is 1. The number of allylic oxidation sites excluding steroid dienone is 1. The maximum Gasteiger partial charge on any atom is 0.254 e. The fraction of sp³-hybridized carbons (Fsp3) is 0.500. The number of likely N-dealkylation sites (tertiary alicyclic amines) is 1. The molecule has 150 valence electrons. The van der Waals surface area contributed by atoms with Gasteiger partial charge in [0.15, 0.2) is 0 Å². The second-order valence-corrected chi connectivity index (χ2v) is 8.37. The van der Waals surface area contributed by atoms with Crippen LogP contribution >= 0.6 is 0 Å². The van der Waals surface area contributed by atoms with Crippen LogP contribution in [0.2, 0.25) is 0 Å². The molecule has 0 radical (unpaired) electrons. The van der Waals surface area contributed by atoms with E-state index < -0.39 is 0 Å². The second-order valence-electron chi connectivity index (χ2n) is 8.37. The van der Waals surface area contributed by atoms with E-state index in [1.54, 1.807) is 6.20 Å². The fourth-order valence-electron chi connectivity index (χ4n) is 3.74. The minimum absolute atomic E-state index is 0.00624. The molecule has 1 N–H and O–H groups in total. The van der Waals surface area contributed by atoms with Gasteiger partial charge in [-0.05, 0) is 65.3 Å². The highest BCUT2D eigenvalue weighted by atomic mass is 19.1. The molecule has 0 bridgehead atoms. The predicted octanol–water partition coefficient (Wildman–Crippen LogP) is 3.95. The monoisotopic (exact) mass is 384 g/mol. The largest absolute Gasteiger partial charge is 0.365 e. The standard InChI is InChI=1S/C22H29FN4O/c1-14(2)19(15(3)20(24-5)26-22(4)7-8-22)21(28)27-9-6-16(13-27)17-10-18(23)12-25-11-17/h10-12,16,26H,5-9,13H2,1-4H3/b20-15-. The zero-order valence-electron chi connectivity index (χ0n) is 17.2. The SMILES string of the molecule is C=N/C(NC1(C)CC1)=C(\C)C(C(=O)N1CCC(c2cncc(F)c2)C1)=C(C)C. The number of hydrogen-bond donors (Lipinski definition) is 1. The van der Waals surface area contributed by atoms with E-state index in [2.05, 4.69) is 28.9 Å². The van der Waals surface area contributed by atoms with Crippen LogP contribution in [0, 0.1) is 5.82 Å². The number of amides is 1. The first kappa shape index (κ1) is 20.2. The van der Waals surface area contributed by atoms with Crippen molar-refractivity contribution in [2.24, 2.45) is 4.99 Å². The van der Waals surface area contributed by atoms with E-state index in [1.807, 2.05) is 25.7 Å². The third-order valence-electron chi connectivity index (χ3n) is 5.70. The maximum atomic E-state index is 13.5. The van der Waals surface area contributed by atoms with E-state index in [4.69, 9.17) is 0 Å². The van der Waals surface area contributed by atoms with Crippen molar-refractivity contribution in [2.75, 3.05) is 13.1 Å². The summed E-state index contributed by atoms with van der Waals surface area (Å²) < 4.78 is 13.5. The van der Waals surface area contributed by atoms with Crippen molar-refractivity contribution in [1.29, 1.82) is 0 Å². The lowest BCUT2D eigenvalue weighted by atomic mass is 9.99. The van der Waals surface area contributed by atoms with E-state index in [0.29, 0.717) is 24.5 Å². The minimum Gasteiger partial charge on any atom is -0.365 e. The summed E-state index contributed by atoms with van der Waals surface area (Å²) in [6.45, 7) is 12.9. The molecule has 1 saturated carbocycles. The number of carbonyl (C=O) groups is 1. The van der Waals surface area contributed by atoms with Crippen molar-refractivity contribution < 1.29 is 9.18 Å². The van der Waals surface area contributed by atoms with Crippen molar-refractivity contribution in [3.8, 4) is 0 Å². The minimum atomic E-state index is -0.340. The highest BCUT2D eigenvalue weighted by Gasteiger charge is 2.38. The quantitative estimate of drug-likeness (QED) is 0.459. The average Bonchev–Trinajstić information content (AvgIpc) is 3.18. The Morgan fingerprint density at radius 1 is 1.36 bits per heavy atom. The first-order valence-corrected chi connectivity index (χ1v) is 9.77. The molecule has 1 saturated heterocycles. The smallest absolute Gasteiger partial charge is 0.254 e. The van der Waals surface area contributed by atoms with Gasteiger partial charge in [0, 0.05) is 41.9 Å². The van der Waals surface area contributed by atoms with Crippen molar-refractivity contribution >= 4 is 12.6 Å². The summed E-state index contributed by atoms with van der Waals surface area (Å²) in [6.07, 6.45) is 5.88. The van der Waals surface area contributed by atoms with Crippen molar-refractivity contribution in [1.82, 2.24) is 15.2 Å². The van der Waals surface area contributed by atoms with Crippen molar-refractivity contribution in [3.63, 3.8) is 0 Å². The molecule has 6 heteroatoms. The number of halogens is 1. The number of carbonyl (C=O) groups excluding carboxylic acids is 1. The third-order valence-corrected chi connectivity index (χ3v) is 5.70. The van der Waals surface area contributed by atoms with Crippen molar-refractivity contribution in [3.05, 3.63) is 52.4 Å². The molecule has 2 aliphatic rings. The first-order chi connectivity index (χ1) is 13.2. The van der Waals surface area contributed by atoms with Gasteiger partial charge in [-0.2, -0.15) is 0 Å². The van der Waals surface area contributed by atoms with Gasteiger partial charge in [-0.15, -0.1) is 0 Å². The van der Waals surface area contributed by atoms with Gasteiger partial charge in [0.05, 0.1) is 6.20 Å². The van der Waals surface area contributed by atoms with Crippen LogP contribution in [0.25, 0.3) is 0 Å². The molecule has 1 aliphatic heterocycles. The van der Waals surface area contributed by atoms with Crippen LogP contribution in [-0.2, 0) is 4.79 Å². The molecule has 1 amide bonds. The molecule has 2 heterocycles. The van der Waals surface area contributed by atoms with E-state index >= 15 is 0 Å². The molecule has 0 aromatic carbocycles. The molecule has 1 atom stereocenters. The third kappa shape index (κ3) is 4.32. The first-order valence-electron chi connectivity index (χ1n) is 9.77. The van der Waals surface area contributed by atoms with Gasteiger partial charge in [0.1, 0.15) is 11.6 Å². The van der Waals surface area contributed by atoms with Crippen LogP contribution in [-0.4, -0.2) is 41.1 Å². The zero-order chi connectivity index (χ0) is 20.5. The summed E-state index contributed by atoms with van der Waals surface area (Å²) >= 11 is 0. The maximum absolute atomic E-state index is 13.5. The van der Waals surface area contributed by atoms with Crippen LogP contribution in [0.5, 0.6) is 0 Å². The Morgan fingerprint density at radius 2 is 2.07 bits per heavy atom. The predicted molar refractivity (Wildman–Crippen MR) is 110 cm³/mol.